The van der Waals surface area contributed by atoms with Crippen LogP contribution in [0.25, 0.3) is 11.3 Å². The lowest BCUT2D eigenvalue weighted by Crippen LogP contribution is -2.40. The second kappa shape index (κ2) is 7.97. The average molecular weight is 373 g/mol. The van der Waals surface area contributed by atoms with Crippen LogP contribution in [0, 0.1) is 0 Å². The van der Waals surface area contributed by atoms with Crippen LogP contribution in [0.5, 0.6) is 0 Å². The number of rotatable bonds is 6. The number of benzene rings is 1. The van der Waals surface area contributed by atoms with E-state index in [1.54, 1.807) is 4.90 Å². The topological polar surface area (TPSA) is 82.5 Å². The van der Waals surface area contributed by atoms with Gasteiger partial charge in [0, 0.05) is 10.4 Å². The number of nitrogens with one attached hydrogen (secondary N) is 1. The number of nitrogens with zero attached hydrogens (tertiary/aromatic N) is 2. The van der Waals surface area contributed by atoms with Crippen LogP contribution >= 0.6 is 11.3 Å². The minimum Gasteiger partial charge on any atom is -0.480 e. The summed E-state index contributed by atoms with van der Waals surface area (Å²) in [4.78, 5) is 31.1. The molecule has 0 radical (unpaired) electrons. The first-order chi connectivity index (χ1) is 12.5. The van der Waals surface area contributed by atoms with Crippen molar-refractivity contribution in [1.82, 2.24) is 9.88 Å². The number of likely N-dealkylation sites (tertiary alicyclic amines) is 1. The first kappa shape index (κ1) is 18.5. The van der Waals surface area contributed by atoms with Crippen molar-refractivity contribution >= 4 is 28.3 Å². The number of thiazole rings is 1. The maximum atomic E-state index is 12.4. The van der Waals surface area contributed by atoms with Crippen LogP contribution in [0.15, 0.2) is 30.3 Å². The average Bonchev–Trinajstić information content (AvgIpc) is 3.22. The number of carbonyl (C=O) groups is 2. The molecule has 1 unspecified atom stereocenters. The van der Waals surface area contributed by atoms with Crippen molar-refractivity contribution in [3.05, 3.63) is 35.2 Å². The number of amides is 1. The van der Waals surface area contributed by atoms with Gasteiger partial charge in [-0.2, -0.15) is 0 Å². The number of carboxylic acids is 1. The van der Waals surface area contributed by atoms with Crippen molar-refractivity contribution in [2.24, 2.45) is 0 Å². The third kappa shape index (κ3) is 4.11. The Morgan fingerprint density at radius 2 is 2.08 bits per heavy atom. The summed E-state index contributed by atoms with van der Waals surface area (Å²) >= 11 is 1.48. The second-order valence-corrected chi connectivity index (χ2v) is 7.80. The van der Waals surface area contributed by atoms with Crippen molar-refractivity contribution in [1.29, 1.82) is 0 Å². The molecule has 2 N–H and O–H groups in total. The molecule has 1 aromatic heterocycles. The van der Waals surface area contributed by atoms with E-state index in [0.717, 1.165) is 22.6 Å². The SMILES string of the molecule is CC(C)c1sc(NC(=O)CN2CCCC2C(=O)O)nc1-c1ccccc1. The maximum absolute atomic E-state index is 12.4. The molecule has 1 atom stereocenters. The van der Waals surface area contributed by atoms with Crippen LogP contribution in [0.1, 0.15) is 37.5 Å². The number of hydrogen-bond donors (Lipinski definition) is 2. The van der Waals surface area contributed by atoms with Crippen LogP contribution in [0.3, 0.4) is 0 Å². The minimum absolute atomic E-state index is 0.0776. The van der Waals surface area contributed by atoms with Gasteiger partial charge in [0.2, 0.25) is 5.91 Å². The van der Waals surface area contributed by atoms with E-state index in [1.807, 2.05) is 30.3 Å². The molecule has 1 aromatic carbocycles. The van der Waals surface area contributed by atoms with Crippen LogP contribution in [0.2, 0.25) is 0 Å². The molecule has 2 aromatic rings. The lowest BCUT2D eigenvalue weighted by atomic mass is 10.1. The second-order valence-electron chi connectivity index (χ2n) is 6.77. The Hall–Kier alpha value is -2.25. The molecule has 0 aliphatic carbocycles. The number of aromatic nitrogens is 1. The number of anilines is 1. The first-order valence-corrected chi connectivity index (χ1v) is 9.60. The molecule has 1 aliphatic heterocycles. The highest BCUT2D eigenvalue weighted by atomic mass is 32.1. The van der Waals surface area contributed by atoms with Crippen molar-refractivity contribution < 1.29 is 14.7 Å². The van der Waals surface area contributed by atoms with E-state index >= 15 is 0 Å². The Kier molecular flexibility index (Phi) is 5.68. The van der Waals surface area contributed by atoms with Gasteiger partial charge >= 0.3 is 5.97 Å². The molecule has 1 fully saturated rings. The van der Waals surface area contributed by atoms with Crippen LogP contribution in [0.4, 0.5) is 5.13 Å². The van der Waals surface area contributed by atoms with Crippen molar-refractivity contribution in [2.75, 3.05) is 18.4 Å². The highest BCUT2D eigenvalue weighted by molar-refractivity contribution is 7.16. The normalized spacial score (nSPS) is 17.6. The molecule has 1 saturated heterocycles. The number of aliphatic carboxylic acids is 1. The van der Waals surface area contributed by atoms with Gasteiger partial charge in [0.25, 0.3) is 0 Å². The maximum Gasteiger partial charge on any atom is 0.320 e. The highest BCUT2D eigenvalue weighted by Gasteiger charge is 2.31. The molecule has 1 amide bonds. The third-order valence-electron chi connectivity index (χ3n) is 4.47. The zero-order chi connectivity index (χ0) is 18.7. The van der Waals surface area contributed by atoms with E-state index in [4.69, 9.17) is 0 Å². The van der Waals surface area contributed by atoms with Crippen molar-refractivity contribution in [3.63, 3.8) is 0 Å². The Morgan fingerprint density at radius 3 is 2.73 bits per heavy atom. The monoisotopic (exact) mass is 373 g/mol. The number of carbonyl (C=O) groups excluding carboxylic acids is 1. The molecule has 1 aliphatic rings. The van der Waals surface area contributed by atoms with Gasteiger partial charge < -0.3 is 10.4 Å². The zero-order valence-electron chi connectivity index (χ0n) is 14.9. The number of carboxylic acid groups (broad SMARTS) is 1. The smallest absolute Gasteiger partial charge is 0.320 e. The Labute approximate surface area is 156 Å². The van der Waals surface area contributed by atoms with Gasteiger partial charge in [0.15, 0.2) is 5.13 Å². The zero-order valence-corrected chi connectivity index (χ0v) is 15.8. The van der Waals surface area contributed by atoms with Crippen LogP contribution in [-0.2, 0) is 9.59 Å². The highest BCUT2D eigenvalue weighted by Crippen LogP contribution is 2.36. The summed E-state index contributed by atoms with van der Waals surface area (Å²) in [5.74, 6) is -0.789. The van der Waals surface area contributed by atoms with E-state index in [9.17, 15) is 14.7 Å². The van der Waals surface area contributed by atoms with Gasteiger partial charge in [0.05, 0.1) is 12.2 Å². The van der Waals surface area contributed by atoms with E-state index in [1.165, 1.54) is 11.3 Å². The largest absolute Gasteiger partial charge is 0.480 e. The summed E-state index contributed by atoms with van der Waals surface area (Å²) in [6.45, 7) is 4.92. The molecule has 138 valence electrons. The first-order valence-electron chi connectivity index (χ1n) is 8.78. The summed E-state index contributed by atoms with van der Waals surface area (Å²) in [5.41, 5.74) is 1.92. The minimum atomic E-state index is -0.863. The molecule has 6 nitrogen and oxygen atoms in total. The predicted octanol–water partition coefficient (Wildman–Crippen LogP) is 3.42. The fourth-order valence-corrected chi connectivity index (χ4v) is 4.22. The molecule has 7 heteroatoms. The van der Waals surface area contributed by atoms with E-state index < -0.39 is 12.0 Å². The van der Waals surface area contributed by atoms with Gasteiger partial charge in [0.1, 0.15) is 6.04 Å². The summed E-state index contributed by atoms with van der Waals surface area (Å²) in [7, 11) is 0. The molecular formula is C19H23N3O3S. The Balaban J connectivity index is 1.74. The molecule has 26 heavy (non-hydrogen) atoms. The van der Waals surface area contributed by atoms with Gasteiger partial charge in [-0.05, 0) is 25.3 Å². The van der Waals surface area contributed by atoms with E-state index in [2.05, 4.69) is 24.1 Å². The lowest BCUT2D eigenvalue weighted by molar-refractivity contribution is -0.142. The molecule has 0 spiro atoms. The predicted molar refractivity (Wildman–Crippen MR) is 102 cm³/mol. The summed E-state index contributed by atoms with van der Waals surface area (Å²) < 4.78 is 0. The van der Waals surface area contributed by atoms with Crippen molar-refractivity contribution in [3.8, 4) is 11.3 Å². The van der Waals surface area contributed by atoms with E-state index in [0.29, 0.717) is 24.0 Å². The van der Waals surface area contributed by atoms with Gasteiger partial charge in [-0.1, -0.05) is 44.2 Å². The molecule has 0 saturated carbocycles. The molecule has 2 heterocycles. The van der Waals surface area contributed by atoms with Gasteiger partial charge in [-0.25, -0.2) is 4.98 Å². The quantitative estimate of drug-likeness (QED) is 0.811. The van der Waals surface area contributed by atoms with Crippen LogP contribution < -0.4 is 5.32 Å². The lowest BCUT2D eigenvalue weighted by Gasteiger charge is -2.19. The van der Waals surface area contributed by atoms with Gasteiger partial charge in [-0.15, -0.1) is 11.3 Å². The van der Waals surface area contributed by atoms with Crippen molar-refractivity contribution in [2.45, 2.75) is 38.6 Å². The molecular weight excluding hydrogens is 350 g/mol. The van der Waals surface area contributed by atoms with E-state index in [-0.39, 0.29) is 12.5 Å². The Bertz CT molecular complexity index is 789. The number of hydrogen-bond acceptors (Lipinski definition) is 5. The molecule has 3 rings (SSSR count). The fourth-order valence-electron chi connectivity index (χ4n) is 3.22. The molecule has 0 bridgehead atoms. The fraction of sp³-hybridized carbons (Fsp3) is 0.421. The summed E-state index contributed by atoms with van der Waals surface area (Å²) in [6, 6.07) is 9.35. The summed E-state index contributed by atoms with van der Waals surface area (Å²) in [5, 5.41) is 12.6. The Morgan fingerprint density at radius 1 is 1.35 bits per heavy atom. The standard InChI is InChI=1S/C19H23N3O3S/c1-12(2)17-16(13-7-4-3-5-8-13)21-19(26-17)20-15(23)11-22-10-6-9-14(22)18(24)25/h3-5,7-8,12,14H,6,9-11H2,1-2H3,(H,24,25)(H,20,21,23). The third-order valence-corrected chi connectivity index (χ3v) is 5.74. The van der Waals surface area contributed by atoms with Crippen LogP contribution in [-0.4, -0.2) is 46.0 Å². The summed E-state index contributed by atoms with van der Waals surface area (Å²) in [6.07, 6.45) is 1.40. The van der Waals surface area contributed by atoms with Gasteiger partial charge in [-0.3, -0.25) is 14.5 Å².